The Morgan fingerprint density at radius 1 is 0.857 bits per heavy atom. The van der Waals surface area contributed by atoms with Crippen molar-refractivity contribution in [3.8, 4) is 28.5 Å². The number of nitrogens with zero attached hydrogens (tertiary/aromatic N) is 2. The Kier molecular flexibility index (Phi) is 3.70. The first-order valence-electron chi connectivity index (χ1n) is 9.12. The zero-order valence-corrected chi connectivity index (χ0v) is 15.3. The fourth-order valence-corrected chi connectivity index (χ4v) is 3.68. The quantitative estimate of drug-likeness (QED) is 0.361. The van der Waals surface area contributed by atoms with Gasteiger partial charge in [0.1, 0.15) is 11.2 Å². The van der Waals surface area contributed by atoms with E-state index in [0.29, 0.717) is 5.56 Å². The summed E-state index contributed by atoms with van der Waals surface area (Å²) < 4.78 is 6.29. The van der Waals surface area contributed by atoms with Crippen LogP contribution < -0.4 is 0 Å². The number of aryl methyl sites for hydroxylation is 1. The van der Waals surface area contributed by atoms with Crippen LogP contribution in [-0.4, -0.2) is 4.98 Å². The highest BCUT2D eigenvalue weighted by molar-refractivity contribution is 6.10. The molecule has 2 heterocycles. The number of aromatic nitrogens is 1. The van der Waals surface area contributed by atoms with Crippen LogP contribution in [-0.2, 0) is 0 Å². The van der Waals surface area contributed by atoms with Crippen molar-refractivity contribution in [1.29, 1.82) is 5.26 Å². The number of hydrogen-bond donors (Lipinski definition) is 0. The predicted molar refractivity (Wildman–Crippen MR) is 112 cm³/mol. The fourth-order valence-electron chi connectivity index (χ4n) is 3.68. The molecule has 0 aliphatic rings. The molecule has 0 amide bonds. The molecule has 0 unspecified atom stereocenters. The molecule has 0 saturated heterocycles. The monoisotopic (exact) mass is 360 g/mol. The van der Waals surface area contributed by atoms with Crippen molar-refractivity contribution in [1.82, 2.24) is 4.98 Å². The van der Waals surface area contributed by atoms with E-state index in [-0.39, 0.29) is 0 Å². The van der Waals surface area contributed by atoms with Gasteiger partial charge >= 0.3 is 0 Å². The molecular weight excluding hydrogens is 344 g/mol. The van der Waals surface area contributed by atoms with Crippen molar-refractivity contribution in [2.75, 3.05) is 0 Å². The summed E-state index contributed by atoms with van der Waals surface area (Å²) in [5, 5.41) is 11.7. The SMILES string of the molecule is Cc1ccnc(-c2cccc3c2oc2cc(-c4ccccc4)c(C#N)cc23)c1. The summed E-state index contributed by atoms with van der Waals surface area (Å²) in [7, 11) is 0. The molecule has 2 aromatic heterocycles. The molecule has 0 N–H and O–H groups in total. The third-order valence-corrected chi connectivity index (χ3v) is 5.03. The van der Waals surface area contributed by atoms with E-state index in [1.165, 1.54) is 0 Å². The van der Waals surface area contributed by atoms with E-state index < -0.39 is 0 Å². The van der Waals surface area contributed by atoms with Gasteiger partial charge in [-0.2, -0.15) is 5.26 Å². The van der Waals surface area contributed by atoms with Crippen molar-refractivity contribution in [3.05, 3.63) is 90.1 Å². The highest BCUT2D eigenvalue weighted by Gasteiger charge is 2.16. The van der Waals surface area contributed by atoms with Gasteiger partial charge < -0.3 is 4.42 Å². The van der Waals surface area contributed by atoms with Crippen LogP contribution in [0.25, 0.3) is 44.3 Å². The minimum absolute atomic E-state index is 0.639. The first-order chi connectivity index (χ1) is 13.7. The zero-order chi connectivity index (χ0) is 19.1. The molecule has 0 aliphatic carbocycles. The second-order valence-electron chi connectivity index (χ2n) is 6.87. The van der Waals surface area contributed by atoms with Gasteiger partial charge in [-0.3, -0.25) is 4.98 Å². The third kappa shape index (κ3) is 2.55. The molecule has 3 heteroatoms. The van der Waals surface area contributed by atoms with Crippen molar-refractivity contribution in [2.45, 2.75) is 6.92 Å². The molecule has 0 atom stereocenters. The Morgan fingerprint density at radius 3 is 2.50 bits per heavy atom. The Morgan fingerprint density at radius 2 is 1.71 bits per heavy atom. The van der Waals surface area contributed by atoms with Gasteiger partial charge in [-0.15, -0.1) is 0 Å². The lowest BCUT2D eigenvalue weighted by atomic mass is 9.97. The second-order valence-corrected chi connectivity index (χ2v) is 6.87. The number of pyridine rings is 1. The maximum absolute atomic E-state index is 9.72. The Bertz CT molecular complexity index is 1370. The van der Waals surface area contributed by atoms with Gasteiger partial charge in [-0.1, -0.05) is 42.5 Å². The summed E-state index contributed by atoms with van der Waals surface area (Å²) in [6.45, 7) is 2.05. The maximum atomic E-state index is 9.72. The van der Waals surface area contributed by atoms with E-state index in [1.807, 2.05) is 72.9 Å². The molecule has 0 radical (unpaired) electrons. The Labute approximate surface area is 162 Å². The van der Waals surface area contributed by atoms with Crippen molar-refractivity contribution in [2.24, 2.45) is 0 Å². The smallest absolute Gasteiger partial charge is 0.144 e. The average Bonchev–Trinajstić information content (AvgIpc) is 3.11. The number of hydrogen-bond acceptors (Lipinski definition) is 3. The summed E-state index contributed by atoms with van der Waals surface area (Å²) in [5.41, 5.74) is 7.08. The van der Waals surface area contributed by atoms with Crippen LogP contribution in [0.1, 0.15) is 11.1 Å². The van der Waals surface area contributed by atoms with Crippen molar-refractivity contribution in [3.63, 3.8) is 0 Å². The minimum atomic E-state index is 0.639. The van der Waals surface area contributed by atoms with Crippen LogP contribution in [0.4, 0.5) is 0 Å². The van der Waals surface area contributed by atoms with Crippen molar-refractivity contribution >= 4 is 21.9 Å². The van der Waals surface area contributed by atoms with Gasteiger partial charge in [0, 0.05) is 28.1 Å². The molecular formula is C25H16N2O. The van der Waals surface area contributed by atoms with Gasteiger partial charge in [0.15, 0.2) is 0 Å². The van der Waals surface area contributed by atoms with Gasteiger partial charge in [0.05, 0.1) is 17.3 Å². The Hall–Kier alpha value is -3.90. The second kappa shape index (κ2) is 6.37. The van der Waals surface area contributed by atoms with Gasteiger partial charge in [-0.05, 0) is 48.4 Å². The number of nitriles is 1. The molecule has 28 heavy (non-hydrogen) atoms. The predicted octanol–water partition coefficient (Wildman–Crippen LogP) is 6.50. The van der Waals surface area contributed by atoms with Crippen LogP contribution in [0.5, 0.6) is 0 Å². The average molecular weight is 360 g/mol. The molecule has 3 aromatic carbocycles. The van der Waals surface area contributed by atoms with Crippen LogP contribution in [0, 0.1) is 18.3 Å². The van der Waals surface area contributed by atoms with Crippen molar-refractivity contribution < 1.29 is 4.42 Å². The van der Waals surface area contributed by atoms with Gasteiger partial charge in [0.25, 0.3) is 0 Å². The lowest BCUT2D eigenvalue weighted by Crippen LogP contribution is -1.85. The van der Waals surface area contributed by atoms with Crippen LogP contribution >= 0.6 is 0 Å². The molecule has 0 saturated carbocycles. The molecule has 5 aromatic rings. The lowest BCUT2D eigenvalue weighted by Gasteiger charge is -2.04. The van der Waals surface area contributed by atoms with E-state index >= 15 is 0 Å². The normalized spacial score (nSPS) is 11.0. The molecule has 132 valence electrons. The van der Waals surface area contributed by atoms with Crippen LogP contribution in [0.3, 0.4) is 0 Å². The zero-order valence-electron chi connectivity index (χ0n) is 15.3. The van der Waals surface area contributed by atoms with Gasteiger partial charge in [-0.25, -0.2) is 0 Å². The van der Waals surface area contributed by atoms with Crippen LogP contribution in [0.2, 0.25) is 0 Å². The molecule has 0 fully saturated rings. The summed E-state index contributed by atoms with van der Waals surface area (Å²) in [6, 6.07) is 26.3. The highest BCUT2D eigenvalue weighted by Crippen LogP contribution is 2.38. The van der Waals surface area contributed by atoms with Gasteiger partial charge in [0.2, 0.25) is 0 Å². The highest BCUT2D eigenvalue weighted by atomic mass is 16.3. The molecule has 0 bridgehead atoms. The topological polar surface area (TPSA) is 49.8 Å². The number of rotatable bonds is 2. The summed E-state index contributed by atoms with van der Waals surface area (Å²) in [6.07, 6.45) is 1.81. The molecule has 0 aliphatic heterocycles. The molecule has 0 spiro atoms. The van der Waals surface area contributed by atoms with Crippen LogP contribution in [0.15, 0.2) is 83.4 Å². The largest absolute Gasteiger partial charge is 0.455 e. The standard InChI is InChI=1S/C25H16N2O/c1-16-10-11-27-23(12-16)20-9-5-8-19-22-13-18(15-26)21(14-24(22)28-25(19)20)17-6-3-2-4-7-17/h2-14H,1H3. The van der Waals surface area contributed by atoms with E-state index in [9.17, 15) is 5.26 Å². The van der Waals surface area contributed by atoms with E-state index in [1.54, 1.807) is 0 Å². The lowest BCUT2D eigenvalue weighted by molar-refractivity contribution is 0.670. The number of fused-ring (bicyclic) bond motifs is 3. The fraction of sp³-hybridized carbons (Fsp3) is 0.0400. The molecule has 5 rings (SSSR count). The first kappa shape index (κ1) is 16.3. The van der Waals surface area contributed by atoms with E-state index in [2.05, 4.69) is 24.0 Å². The molecule has 3 nitrogen and oxygen atoms in total. The number of furan rings is 1. The number of benzene rings is 3. The van der Waals surface area contributed by atoms with E-state index in [0.717, 1.165) is 49.9 Å². The maximum Gasteiger partial charge on any atom is 0.144 e. The Balaban J connectivity index is 1.81. The third-order valence-electron chi connectivity index (χ3n) is 5.03. The minimum Gasteiger partial charge on any atom is -0.455 e. The summed E-state index contributed by atoms with van der Waals surface area (Å²) >= 11 is 0. The summed E-state index contributed by atoms with van der Waals surface area (Å²) in [5.74, 6) is 0. The summed E-state index contributed by atoms with van der Waals surface area (Å²) in [4.78, 5) is 4.52. The first-order valence-corrected chi connectivity index (χ1v) is 9.12. The number of para-hydroxylation sites is 1. The van der Waals surface area contributed by atoms with E-state index in [4.69, 9.17) is 4.42 Å².